The lowest BCUT2D eigenvalue weighted by Crippen LogP contribution is -2.23. The minimum Gasteiger partial charge on any atom is -0.299 e. The van der Waals surface area contributed by atoms with Crippen molar-refractivity contribution < 1.29 is 4.79 Å². The summed E-state index contributed by atoms with van der Waals surface area (Å²) in [4.78, 5) is 12.6. The summed E-state index contributed by atoms with van der Waals surface area (Å²) in [5.74, 6) is 1.60. The van der Waals surface area contributed by atoms with Crippen molar-refractivity contribution in [2.24, 2.45) is 11.8 Å². The van der Waals surface area contributed by atoms with Crippen LogP contribution in [0.5, 0.6) is 0 Å². The van der Waals surface area contributed by atoms with Crippen LogP contribution in [0, 0.1) is 11.8 Å². The van der Waals surface area contributed by atoms with Crippen molar-refractivity contribution in [3.8, 4) is 0 Å². The molecule has 1 nitrogen and oxygen atoms in total. The van der Waals surface area contributed by atoms with E-state index < -0.39 is 0 Å². The summed E-state index contributed by atoms with van der Waals surface area (Å²) in [5, 5.41) is 2.47. The van der Waals surface area contributed by atoms with Crippen LogP contribution in [0.3, 0.4) is 0 Å². The number of carbonyl (C=O) groups is 1. The first kappa shape index (κ1) is 14.3. The maximum Gasteiger partial charge on any atom is 0.140 e. The molecule has 0 N–H and O–H groups in total. The average Bonchev–Trinajstić information content (AvgIpc) is 2.55. The fourth-order valence-corrected chi connectivity index (χ4v) is 3.67. The Bertz CT molecular complexity index is 615. The number of benzene rings is 2. The Balaban J connectivity index is 1.72. The third-order valence-electron chi connectivity index (χ3n) is 5.12. The Hall–Kier alpha value is -1.63. The zero-order valence-electron chi connectivity index (χ0n) is 12.8. The summed E-state index contributed by atoms with van der Waals surface area (Å²) in [7, 11) is 0. The van der Waals surface area contributed by atoms with E-state index in [0.29, 0.717) is 18.1 Å². The van der Waals surface area contributed by atoms with Crippen LogP contribution in [0.25, 0.3) is 10.8 Å². The van der Waals surface area contributed by atoms with E-state index in [4.69, 9.17) is 0 Å². The van der Waals surface area contributed by atoms with Gasteiger partial charge in [-0.05, 0) is 47.9 Å². The van der Waals surface area contributed by atoms with Crippen LogP contribution in [-0.4, -0.2) is 5.78 Å². The highest BCUT2D eigenvalue weighted by molar-refractivity contribution is 5.91. The number of ketones is 1. The topological polar surface area (TPSA) is 17.1 Å². The number of carbonyl (C=O) groups excluding carboxylic acids is 1. The quantitative estimate of drug-likeness (QED) is 0.755. The van der Waals surface area contributed by atoms with E-state index in [1.54, 1.807) is 0 Å². The molecule has 1 fully saturated rings. The second kappa shape index (κ2) is 6.43. The standard InChI is InChI=1S/C20H24O/c1-2-15-10-12-17(13-11-15)20(21)14-18-8-5-7-16-6-3-4-9-19(16)18/h3-9,15,17H,2,10-14H2,1H3. The Morgan fingerprint density at radius 2 is 1.71 bits per heavy atom. The molecule has 1 aliphatic rings. The summed E-state index contributed by atoms with van der Waals surface area (Å²) < 4.78 is 0. The van der Waals surface area contributed by atoms with E-state index in [0.717, 1.165) is 18.8 Å². The monoisotopic (exact) mass is 280 g/mol. The maximum atomic E-state index is 12.6. The first-order valence-corrected chi connectivity index (χ1v) is 8.27. The Labute approximate surface area is 127 Å². The van der Waals surface area contributed by atoms with Gasteiger partial charge in [0.25, 0.3) is 0 Å². The van der Waals surface area contributed by atoms with Crippen molar-refractivity contribution in [3.63, 3.8) is 0 Å². The highest BCUT2D eigenvalue weighted by atomic mass is 16.1. The van der Waals surface area contributed by atoms with Crippen molar-refractivity contribution in [1.82, 2.24) is 0 Å². The fourth-order valence-electron chi connectivity index (χ4n) is 3.67. The van der Waals surface area contributed by atoms with Gasteiger partial charge < -0.3 is 0 Å². The van der Waals surface area contributed by atoms with Gasteiger partial charge in [0.2, 0.25) is 0 Å². The second-order valence-corrected chi connectivity index (χ2v) is 6.41. The molecule has 0 amide bonds. The third-order valence-corrected chi connectivity index (χ3v) is 5.12. The number of fused-ring (bicyclic) bond motifs is 1. The lowest BCUT2D eigenvalue weighted by atomic mass is 9.78. The Kier molecular flexibility index (Phi) is 4.38. The summed E-state index contributed by atoms with van der Waals surface area (Å²) in [6.07, 6.45) is 6.54. The van der Waals surface area contributed by atoms with Crippen molar-refractivity contribution in [3.05, 3.63) is 48.0 Å². The average molecular weight is 280 g/mol. The molecule has 1 aliphatic carbocycles. The van der Waals surface area contributed by atoms with Crippen LogP contribution in [0.15, 0.2) is 42.5 Å². The smallest absolute Gasteiger partial charge is 0.140 e. The Morgan fingerprint density at radius 1 is 1.00 bits per heavy atom. The molecule has 0 aliphatic heterocycles. The molecular weight excluding hydrogens is 256 g/mol. The minimum absolute atomic E-state index is 0.298. The van der Waals surface area contributed by atoms with E-state index >= 15 is 0 Å². The largest absolute Gasteiger partial charge is 0.299 e. The highest BCUT2D eigenvalue weighted by Gasteiger charge is 2.25. The second-order valence-electron chi connectivity index (χ2n) is 6.41. The van der Waals surface area contributed by atoms with Crippen LogP contribution < -0.4 is 0 Å². The summed E-state index contributed by atoms with van der Waals surface area (Å²) in [5.41, 5.74) is 1.19. The molecule has 2 aromatic rings. The van der Waals surface area contributed by atoms with Gasteiger partial charge in [-0.1, -0.05) is 55.8 Å². The first-order chi connectivity index (χ1) is 10.3. The van der Waals surface area contributed by atoms with Crippen molar-refractivity contribution in [2.75, 3.05) is 0 Å². The van der Waals surface area contributed by atoms with Crippen LogP contribution in [0.2, 0.25) is 0 Å². The molecule has 0 spiro atoms. The van der Waals surface area contributed by atoms with E-state index in [-0.39, 0.29) is 0 Å². The molecule has 2 aromatic carbocycles. The Morgan fingerprint density at radius 3 is 2.48 bits per heavy atom. The zero-order chi connectivity index (χ0) is 14.7. The van der Waals surface area contributed by atoms with Gasteiger partial charge in [-0.25, -0.2) is 0 Å². The van der Waals surface area contributed by atoms with Crippen molar-refractivity contribution >= 4 is 16.6 Å². The van der Waals surface area contributed by atoms with Crippen LogP contribution >= 0.6 is 0 Å². The van der Waals surface area contributed by atoms with E-state index in [1.165, 1.54) is 35.6 Å². The summed E-state index contributed by atoms with van der Waals surface area (Å²) >= 11 is 0. The normalized spacial score (nSPS) is 22.3. The lowest BCUT2D eigenvalue weighted by molar-refractivity contribution is -0.123. The van der Waals surface area contributed by atoms with Gasteiger partial charge in [0.15, 0.2) is 0 Å². The number of Topliss-reactive ketones (excluding diaryl/α,β-unsaturated/α-hetero) is 1. The van der Waals surface area contributed by atoms with Crippen LogP contribution in [-0.2, 0) is 11.2 Å². The van der Waals surface area contributed by atoms with E-state index in [1.807, 2.05) is 0 Å². The van der Waals surface area contributed by atoms with Gasteiger partial charge >= 0.3 is 0 Å². The molecule has 0 atom stereocenters. The molecule has 110 valence electrons. The molecule has 1 heteroatoms. The van der Waals surface area contributed by atoms with Crippen LogP contribution in [0.4, 0.5) is 0 Å². The maximum absolute atomic E-state index is 12.6. The van der Waals surface area contributed by atoms with Gasteiger partial charge in [0, 0.05) is 12.3 Å². The molecule has 0 unspecified atom stereocenters. The van der Waals surface area contributed by atoms with Crippen molar-refractivity contribution in [2.45, 2.75) is 45.4 Å². The highest BCUT2D eigenvalue weighted by Crippen LogP contribution is 2.32. The van der Waals surface area contributed by atoms with Gasteiger partial charge in [0.05, 0.1) is 0 Å². The van der Waals surface area contributed by atoms with Gasteiger partial charge in [-0.3, -0.25) is 4.79 Å². The molecule has 0 aromatic heterocycles. The predicted octanol–water partition coefficient (Wildman–Crippen LogP) is 5.17. The molecule has 0 saturated heterocycles. The van der Waals surface area contributed by atoms with Gasteiger partial charge in [-0.15, -0.1) is 0 Å². The number of hydrogen-bond acceptors (Lipinski definition) is 1. The molecule has 1 saturated carbocycles. The molecule has 21 heavy (non-hydrogen) atoms. The van der Waals surface area contributed by atoms with Crippen LogP contribution in [0.1, 0.15) is 44.6 Å². The number of hydrogen-bond donors (Lipinski definition) is 0. The minimum atomic E-state index is 0.298. The first-order valence-electron chi connectivity index (χ1n) is 8.27. The number of rotatable bonds is 4. The zero-order valence-corrected chi connectivity index (χ0v) is 12.8. The third kappa shape index (κ3) is 3.18. The SMILES string of the molecule is CCC1CCC(C(=O)Cc2cccc3ccccc23)CC1. The molecule has 0 radical (unpaired) electrons. The molecular formula is C20H24O. The molecule has 3 rings (SSSR count). The van der Waals surface area contributed by atoms with E-state index in [2.05, 4.69) is 49.4 Å². The molecule has 0 bridgehead atoms. The summed E-state index contributed by atoms with van der Waals surface area (Å²) in [6.45, 7) is 2.27. The van der Waals surface area contributed by atoms with E-state index in [9.17, 15) is 4.79 Å². The predicted molar refractivity (Wildman–Crippen MR) is 88.4 cm³/mol. The van der Waals surface area contributed by atoms with Gasteiger partial charge in [0.1, 0.15) is 5.78 Å². The molecule has 0 heterocycles. The lowest BCUT2D eigenvalue weighted by Gasteiger charge is -2.26. The summed E-state index contributed by atoms with van der Waals surface area (Å²) in [6, 6.07) is 14.7. The van der Waals surface area contributed by atoms with Crippen molar-refractivity contribution in [1.29, 1.82) is 0 Å². The fraction of sp³-hybridized carbons (Fsp3) is 0.450. The van der Waals surface area contributed by atoms with Gasteiger partial charge in [-0.2, -0.15) is 0 Å².